The van der Waals surface area contributed by atoms with Crippen LogP contribution >= 0.6 is 46.8 Å². The number of carbonyl (C=O) groups is 2. The number of amides is 1. The third-order valence-corrected chi connectivity index (χ3v) is 5.32. The van der Waals surface area contributed by atoms with E-state index in [1.54, 1.807) is 0 Å². The first kappa shape index (κ1) is 18.8. The molecule has 3 atom stereocenters. The van der Waals surface area contributed by atoms with Gasteiger partial charge in [-0.25, -0.2) is 9.18 Å². The fourth-order valence-corrected chi connectivity index (χ4v) is 3.74. The summed E-state index contributed by atoms with van der Waals surface area (Å²) in [6.07, 6.45) is 0.655. The van der Waals surface area contributed by atoms with E-state index in [2.05, 4.69) is 10.6 Å². The van der Waals surface area contributed by atoms with E-state index in [4.69, 9.17) is 39.9 Å². The zero-order valence-corrected chi connectivity index (χ0v) is 15.6. The molecule has 136 valence electrons. The minimum atomic E-state index is -1.81. The van der Waals surface area contributed by atoms with E-state index in [1.807, 2.05) is 0 Å². The molecule has 3 rings (SSSR count). The van der Waals surface area contributed by atoms with Gasteiger partial charge in [0.1, 0.15) is 12.0 Å². The maximum atomic E-state index is 14.0. The van der Waals surface area contributed by atoms with Gasteiger partial charge in [0.2, 0.25) is 9.70 Å². The molecule has 1 aliphatic heterocycles. The second-order valence-electron chi connectivity index (χ2n) is 5.66. The summed E-state index contributed by atoms with van der Waals surface area (Å²) >= 11 is 19.0. The van der Waals surface area contributed by atoms with Gasteiger partial charge in [0.15, 0.2) is 5.50 Å². The summed E-state index contributed by atoms with van der Waals surface area (Å²) in [7, 11) is 0. The van der Waals surface area contributed by atoms with Crippen LogP contribution in [0, 0.1) is 11.7 Å². The normalized spacial score (nSPS) is 23.7. The summed E-state index contributed by atoms with van der Waals surface area (Å²) < 4.78 is 13.7. The van der Waals surface area contributed by atoms with Crippen molar-refractivity contribution in [3.05, 3.63) is 29.6 Å². The molecule has 0 radical (unpaired) electrons. The van der Waals surface area contributed by atoms with Gasteiger partial charge in [0, 0.05) is 5.92 Å². The molecule has 1 saturated heterocycles. The lowest BCUT2D eigenvalue weighted by Crippen LogP contribution is -2.50. The lowest BCUT2D eigenvalue weighted by molar-refractivity contribution is -0.123. The Morgan fingerprint density at radius 1 is 1.36 bits per heavy atom. The van der Waals surface area contributed by atoms with Crippen LogP contribution in [0.2, 0.25) is 0 Å². The van der Waals surface area contributed by atoms with Crippen LogP contribution in [0.25, 0.3) is 0 Å². The maximum absolute atomic E-state index is 14.0. The van der Waals surface area contributed by atoms with E-state index in [9.17, 15) is 14.0 Å². The van der Waals surface area contributed by atoms with Crippen molar-refractivity contribution in [3.63, 3.8) is 0 Å². The molecule has 0 aromatic heterocycles. The highest BCUT2D eigenvalue weighted by molar-refractivity contribution is 8.03. The minimum Gasteiger partial charge on any atom is -0.478 e. The molecule has 2 aliphatic rings. The largest absolute Gasteiger partial charge is 0.478 e. The number of anilines is 1. The lowest BCUT2D eigenvalue weighted by atomic mass is 10.1. The fraction of sp³-hybridized carbons (Fsp3) is 0.429. The summed E-state index contributed by atoms with van der Waals surface area (Å²) in [6.45, 7) is 0. The molecule has 1 aromatic rings. The highest BCUT2D eigenvalue weighted by atomic mass is 35.6. The van der Waals surface area contributed by atoms with Gasteiger partial charge >= 0.3 is 5.97 Å². The standard InChI is InChI=1S/C14H13Cl3FN3O3S/c15-14(16,17)12(20-10(22)6-4-5-6)21-13(25-21)19-9-7(11(23)24)2-1-3-8(9)18/h1-3,6,12-13,19H,4-5H2,(H,20,22)(H,23,24). The Morgan fingerprint density at radius 3 is 2.60 bits per heavy atom. The van der Waals surface area contributed by atoms with Crippen LogP contribution in [0.5, 0.6) is 0 Å². The smallest absolute Gasteiger partial charge is 0.337 e. The number of nitrogens with one attached hydrogen (secondary N) is 2. The second kappa shape index (κ2) is 7.00. The summed E-state index contributed by atoms with van der Waals surface area (Å²) in [5.41, 5.74) is -0.915. The highest BCUT2D eigenvalue weighted by Gasteiger charge is 2.52. The van der Waals surface area contributed by atoms with E-state index >= 15 is 0 Å². The Labute approximate surface area is 162 Å². The Morgan fingerprint density at radius 2 is 2.04 bits per heavy atom. The molecule has 25 heavy (non-hydrogen) atoms. The zero-order valence-electron chi connectivity index (χ0n) is 12.5. The Balaban J connectivity index is 1.72. The summed E-state index contributed by atoms with van der Waals surface area (Å²) in [4.78, 5) is 23.2. The van der Waals surface area contributed by atoms with Gasteiger partial charge < -0.3 is 15.7 Å². The van der Waals surface area contributed by atoms with Crippen molar-refractivity contribution in [2.24, 2.45) is 5.92 Å². The van der Waals surface area contributed by atoms with Gasteiger partial charge in [-0.1, -0.05) is 40.9 Å². The molecule has 6 nitrogen and oxygen atoms in total. The molecule has 1 aliphatic carbocycles. The number of carboxylic acids is 1. The van der Waals surface area contributed by atoms with Crippen LogP contribution in [0.15, 0.2) is 18.2 Å². The quantitative estimate of drug-likeness (QED) is 0.366. The van der Waals surface area contributed by atoms with Crippen molar-refractivity contribution in [1.82, 2.24) is 9.62 Å². The number of hydrogen-bond acceptors (Lipinski definition) is 5. The number of para-hydroxylation sites is 1. The molecule has 1 saturated carbocycles. The number of hydrogen-bond donors (Lipinski definition) is 3. The number of rotatable bonds is 6. The predicted octanol–water partition coefficient (Wildman–Crippen LogP) is 3.41. The van der Waals surface area contributed by atoms with Crippen LogP contribution < -0.4 is 10.6 Å². The molecule has 3 unspecified atom stereocenters. The fourth-order valence-electron chi connectivity index (χ4n) is 2.23. The molecule has 1 aromatic carbocycles. The van der Waals surface area contributed by atoms with E-state index in [0.29, 0.717) is 0 Å². The zero-order chi connectivity index (χ0) is 18.4. The van der Waals surface area contributed by atoms with Gasteiger partial charge in [-0.15, -0.1) is 0 Å². The van der Waals surface area contributed by atoms with Crippen molar-refractivity contribution in [2.75, 3.05) is 5.32 Å². The molecule has 0 bridgehead atoms. The number of halogens is 4. The Hall–Kier alpha value is -0.930. The summed E-state index contributed by atoms with van der Waals surface area (Å²) in [6, 6.07) is 3.74. The van der Waals surface area contributed by atoms with E-state index in [1.165, 1.54) is 16.4 Å². The van der Waals surface area contributed by atoms with Gasteiger partial charge in [-0.05, 0) is 36.9 Å². The van der Waals surface area contributed by atoms with Crippen LogP contribution in [-0.4, -0.2) is 36.7 Å². The summed E-state index contributed by atoms with van der Waals surface area (Å²) in [5, 5.41) is 14.6. The van der Waals surface area contributed by atoms with Crippen molar-refractivity contribution < 1.29 is 19.1 Å². The first-order chi connectivity index (χ1) is 11.7. The van der Waals surface area contributed by atoms with Crippen molar-refractivity contribution >= 4 is 64.3 Å². The van der Waals surface area contributed by atoms with Crippen LogP contribution in [0.1, 0.15) is 23.2 Å². The first-order valence-electron chi connectivity index (χ1n) is 7.29. The minimum absolute atomic E-state index is 0.0728. The first-order valence-corrected chi connectivity index (χ1v) is 9.26. The van der Waals surface area contributed by atoms with Gasteiger partial charge in [0.25, 0.3) is 0 Å². The lowest BCUT2D eigenvalue weighted by Gasteiger charge is -2.26. The predicted molar refractivity (Wildman–Crippen MR) is 95.1 cm³/mol. The molecule has 11 heteroatoms. The number of aromatic carboxylic acids is 1. The molecule has 1 heterocycles. The molecule has 2 fully saturated rings. The van der Waals surface area contributed by atoms with E-state index in [-0.39, 0.29) is 23.1 Å². The molecular formula is C14H13Cl3FN3O3S. The summed E-state index contributed by atoms with van der Waals surface area (Å²) in [5.74, 6) is -2.25. The van der Waals surface area contributed by atoms with Crippen LogP contribution in [-0.2, 0) is 4.79 Å². The number of benzene rings is 1. The van der Waals surface area contributed by atoms with Crippen molar-refractivity contribution in [3.8, 4) is 0 Å². The highest BCUT2D eigenvalue weighted by Crippen LogP contribution is 2.48. The number of carboxylic acid groups (broad SMARTS) is 1. The van der Waals surface area contributed by atoms with E-state index in [0.717, 1.165) is 30.9 Å². The van der Waals surface area contributed by atoms with Crippen molar-refractivity contribution in [1.29, 1.82) is 0 Å². The molecule has 1 amide bonds. The molecular weight excluding hydrogens is 416 g/mol. The number of carbonyl (C=O) groups excluding carboxylic acids is 1. The van der Waals surface area contributed by atoms with Crippen molar-refractivity contribution in [2.45, 2.75) is 28.3 Å². The Kier molecular flexibility index (Phi) is 5.28. The van der Waals surface area contributed by atoms with Gasteiger partial charge in [-0.2, -0.15) is 4.31 Å². The SMILES string of the molecule is O=C(O)c1cccc(F)c1NC1SN1C(NC(=O)C1CC1)C(Cl)(Cl)Cl. The van der Waals surface area contributed by atoms with Crippen LogP contribution in [0.3, 0.4) is 0 Å². The van der Waals surface area contributed by atoms with Gasteiger partial charge in [-0.3, -0.25) is 4.79 Å². The maximum Gasteiger partial charge on any atom is 0.337 e. The third kappa shape index (κ3) is 4.43. The monoisotopic (exact) mass is 427 g/mol. The van der Waals surface area contributed by atoms with Gasteiger partial charge in [0.05, 0.1) is 11.3 Å². The van der Waals surface area contributed by atoms with E-state index < -0.39 is 27.2 Å². The Bertz CT molecular complexity index is 714. The molecule has 0 spiro atoms. The average Bonchev–Trinajstić information content (AvgIpc) is 3.40. The number of nitrogens with zero attached hydrogens (tertiary/aromatic N) is 1. The second-order valence-corrected chi connectivity index (χ2v) is 9.10. The number of alkyl halides is 3. The average molecular weight is 429 g/mol. The molecule has 3 N–H and O–H groups in total. The topological polar surface area (TPSA) is 81.4 Å². The third-order valence-electron chi connectivity index (χ3n) is 3.71. The van der Waals surface area contributed by atoms with Crippen LogP contribution in [0.4, 0.5) is 10.1 Å².